The van der Waals surface area contributed by atoms with Gasteiger partial charge in [-0.3, -0.25) is 20.3 Å². The second-order valence-electron chi connectivity index (χ2n) is 6.33. The largest absolute Gasteiger partial charge is 0.365 e. The van der Waals surface area contributed by atoms with Gasteiger partial charge in [0.2, 0.25) is 11.7 Å². The van der Waals surface area contributed by atoms with Gasteiger partial charge in [0.25, 0.3) is 0 Å². The summed E-state index contributed by atoms with van der Waals surface area (Å²) in [7, 11) is 1.84. The first-order valence-electron chi connectivity index (χ1n) is 9.18. The van der Waals surface area contributed by atoms with Gasteiger partial charge in [0, 0.05) is 19.4 Å². The van der Waals surface area contributed by atoms with Gasteiger partial charge in [-0.05, 0) is 36.4 Å². The molecule has 1 unspecified atom stereocenters. The number of aliphatic hydroxyl groups is 1. The van der Waals surface area contributed by atoms with E-state index in [4.69, 9.17) is 0 Å². The van der Waals surface area contributed by atoms with E-state index in [0.717, 1.165) is 17.0 Å². The zero-order valence-corrected chi connectivity index (χ0v) is 15.9. The van der Waals surface area contributed by atoms with Crippen LogP contribution in [-0.2, 0) is 5.72 Å². The Balaban J connectivity index is 0.000000159. The zero-order valence-electron chi connectivity index (χ0n) is 15.9. The number of benzene rings is 1. The Hall–Kier alpha value is -3.62. The van der Waals surface area contributed by atoms with E-state index in [1.165, 1.54) is 0 Å². The summed E-state index contributed by atoms with van der Waals surface area (Å²) >= 11 is 0. The van der Waals surface area contributed by atoms with Crippen molar-refractivity contribution < 1.29 is 5.11 Å². The molecule has 0 fully saturated rings. The molecule has 1 aliphatic rings. The van der Waals surface area contributed by atoms with Gasteiger partial charge in [-0.2, -0.15) is 0 Å². The van der Waals surface area contributed by atoms with Gasteiger partial charge in [0.1, 0.15) is 5.71 Å². The number of aliphatic imine (C=N–C) groups is 1. The van der Waals surface area contributed by atoms with Crippen molar-refractivity contribution in [1.82, 2.24) is 25.3 Å². The molecule has 8 nitrogen and oxygen atoms in total. The molecule has 5 rings (SSSR count). The van der Waals surface area contributed by atoms with Gasteiger partial charge in [-0.1, -0.05) is 24.3 Å². The first-order chi connectivity index (χ1) is 14.2. The molecule has 146 valence electrons. The molecule has 0 amide bonds. The third-order valence-electron chi connectivity index (χ3n) is 4.48. The number of imidazole rings is 1. The fourth-order valence-electron chi connectivity index (χ4n) is 3.06. The number of fused-ring (bicyclic) bond motifs is 1. The van der Waals surface area contributed by atoms with E-state index < -0.39 is 5.72 Å². The number of hydrogen-bond acceptors (Lipinski definition) is 7. The third kappa shape index (κ3) is 3.84. The van der Waals surface area contributed by atoms with Gasteiger partial charge >= 0.3 is 0 Å². The monoisotopic (exact) mass is 387 g/mol. The fraction of sp³-hybridized carbons (Fsp3) is 0.143. The lowest BCUT2D eigenvalue weighted by atomic mass is 10.0. The van der Waals surface area contributed by atoms with Crippen LogP contribution in [0.25, 0.3) is 11.0 Å². The smallest absolute Gasteiger partial charge is 0.206 e. The summed E-state index contributed by atoms with van der Waals surface area (Å²) in [5.74, 6) is 0.811. The molecular weight excluding hydrogens is 366 g/mol. The first kappa shape index (κ1) is 18.7. The van der Waals surface area contributed by atoms with Crippen molar-refractivity contribution in [3.8, 4) is 0 Å². The van der Waals surface area contributed by atoms with Crippen LogP contribution in [0.3, 0.4) is 0 Å². The number of anilines is 1. The number of pyridine rings is 2. The lowest BCUT2D eigenvalue weighted by molar-refractivity contribution is 0.0807. The normalized spacial score (nSPS) is 18.1. The first-order valence-corrected chi connectivity index (χ1v) is 9.18. The average Bonchev–Trinajstić information content (AvgIpc) is 3.39. The van der Waals surface area contributed by atoms with Crippen molar-refractivity contribution in [2.75, 3.05) is 19.0 Å². The number of aromatic nitrogens is 4. The highest BCUT2D eigenvalue weighted by Gasteiger charge is 2.41. The van der Waals surface area contributed by atoms with E-state index in [-0.39, 0.29) is 0 Å². The second-order valence-corrected chi connectivity index (χ2v) is 6.33. The van der Waals surface area contributed by atoms with Crippen LogP contribution < -0.4 is 10.6 Å². The van der Waals surface area contributed by atoms with Crippen LogP contribution in [-0.4, -0.2) is 44.5 Å². The Morgan fingerprint density at radius 2 is 1.72 bits per heavy atom. The summed E-state index contributed by atoms with van der Waals surface area (Å²) in [4.78, 5) is 20.1. The summed E-state index contributed by atoms with van der Waals surface area (Å²) < 4.78 is 0. The van der Waals surface area contributed by atoms with Gasteiger partial charge in [0.05, 0.1) is 29.1 Å². The van der Waals surface area contributed by atoms with Crippen molar-refractivity contribution in [1.29, 1.82) is 0 Å². The Morgan fingerprint density at radius 3 is 2.41 bits per heavy atom. The van der Waals surface area contributed by atoms with E-state index in [1.54, 1.807) is 24.5 Å². The highest BCUT2D eigenvalue weighted by molar-refractivity contribution is 6.06. The topological polar surface area (TPSA) is 111 Å². The van der Waals surface area contributed by atoms with Gasteiger partial charge in [-0.25, -0.2) is 4.98 Å². The summed E-state index contributed by atoms with van der Waals surface area (Å²) in [5.41, 5.74) is 2.37. The summed E-state index contributed by atoms with van der Waals surface area (Å²) in [6, 6.07) is 18.8. The molecule has 0 bridgehead atoms. The molecule has 4 aromatic rings. The Labute approximate surface area is 167 Å². The van der Waals surface area contributed by atoms with E-state index in [9.17, 15) is 5.11 Å². The lowest BCUT2D eigenvalue weighted by Gasteiger charge is -2.23. The maximum Gasteiger partial charge on any atom is 0.206 e. The van der Waals surface area contributed by atoms with E-state index in [2.05, 4.69) is 35.6 Å². The molecule has 4 N–H and O–H groups in total. The van der Waals surface area contributed by atoms with Crippen LogP contribution in [0.4, 0.5) is 5.95 Å². The predicted octanol–water partition coefficient (Wildman–Crippen LogP) is 2.28. The molecule has 1 aromatic carbocycles. The van der Waals surface area contributed by atoms with Crippen molar-refractivity contribution >= 4 is 22.7 Å². The van der Waals surface area contributed by atoms with E-state index in [0.29, 0.717) is 23.8 Å². The minimum Gasteiger partial charge on any atom is -0.365 e. The third-order valence-corrected chi connectivity index (χ3v) is 4.48. The molecule has 4 heterocycles. The molecule has 29 heavy (non-hydrogen) atoms. The van der Waals surface area contributed by atoms with Crippen LogP contribution in [0, 0.1) is 0 Å². The predicted molar refractivity (Wildman–Crippen MR) is 113 cm³/mol. The molecule has 1 atom stereocenters. The molecule has 1 aliphatic heterocycles. The molecule has 0 saturated heterocycles. The summed E-state index contributed by atoms with van der Waals surface area (Å²) in [5, 5.41) is 16.6. The number of nitrogens with one attached hydrogen (secondary N) is 3. The number of hydrogen-bond donors (Lipinski definition) is 4. The Kier molecular flexibility index (Phi) is 5.28. The molecule has 8 heteroatoms. The second kappa shape index (κ2) is 8.17. The van der Waals surface area contributed by atoms with Crippen molar-refractivity contribution in [2.24, 2.45) is 4.99 Å². The standard InChI is InChI=1S/C13H12N4O.C8H9N3/c18-13(11-6-2-4-8-15-11)12(16-9-17-13)10-5-1-3-7-14-10;1-9-8-10-6-4-2-3-5-7(6)11-8/h1-8,17-18H,9H2;2-5H,1H3,(H2,9,10,11). The van der Waals surface area contributed by atoms with Crippen LogP contribution in [0.1, 0.15) is 11.4 Å². The SMILES string of the molecule is CNc1nc2ccccc2[nH]1.OC1(c2ccccn2)NCN=C1c1ccccn1. The van der Waals surface area contributed by atoms with Crippen LogP contribution in [0.15, 0.2) is 78.0 Å². The minimum atomic E-state index is -1.37. The molecule has 3 aromatic heterocycles. The van der Waals surface area contributed by atoms with Gasteiger partial charge in [0.15, 0.2) is 0 Å². The minimum absolute atomic E-state index is 0.346. The Morgan fingerprint density at radius 1 is 0.966 bits per heavy atom. The molecule has 0 aliphatic carbocycles. The maximum atomic E-state index is 10.7. The molecule has 0 spiro atoms. The van der Waals surface area contributed by atoms with Gasteiger partial charge in [-0.15, -0.1) is 0 Å². The number of para-hydroxylation sites is 2. The van der Waals surface area contributed by atoms with Crippen molar-refractivity contribution in [3.63, 3.8) is 0 Å². The number of rotatable bonds is 3. The molecule has 0 saturated carbocycles. The lowest BCUT2D eigenvalue weighted by Crippen LogP contribution is -2.45. The van der Waals surface area contributed by atoms with Crippen molar-refractivity contribution in [3.05, 3.63) is 84.4 Å². The van der Waals surface area contributed by atoms with E-state index in [1.807, 2.05) is 55.6 Å². The highest BCUT2D eigenvalue weighted by Crippen LogP contribution is 2.24. The van der Waals surface area contributed by atoms with Crippen molar-refractivity contribution in [2.45, 2.75) is 5.72 Å². The molecule has 0 radical (unpaired) electrons. The van der Waals surface area contributed by atoms with E-state index >= 15 is 0 Å². The van der Waals surface area contributed by atoms with Crippen LogP contribution >= 0.6 is 0 Å². The zero-order chi connectivity index (χ0) is 20.1. The fourth-order valence-corrected chi connectivity index (χ4v) is 3.06. The molecular formula is C21H21N7O. The van der Waals surface area contributed by atoms with Crippen LogP contribution in [0.2, 0.25) is 0 Å². The number of H-pyrrole nitrogens is 1. The number of nitrogens with zero attached hydrogens (tertiary/aromatic N) is 4. The quantitative estimate of drug-likeness (QED) is 0.429. The summed E-state index contributed by atoms with van der Waals surface area (Å²) in [6.07, 6.45) is 3.32. The average molecular weight is 387 g/mol. The van der Waals surface area contributed by atoms with Gasteiger partial charge < -0.3 is 15.4 Å². The summed E-state index contributed by atoms with van der Waals surface area (Å²) in [6.45, 7) is 0.346. The van der Waals surface area contributed by atoms with Crippen LogP contribution in [0.5, 0.6) is 0 Å². The number of aromatic amines is 1. The highest BCUT2D eigenvalue weighted by atomic mass is 16.3. The maximum absolute atomic E-state index is 10.7. The Bertz CT molecular complexity index is 1080.